The molecule has 0 saturated carbocycles. The number of rotatable bonds is 5. The van der Waals surface area contributed by atoms with Crippen molar-refractivity contribution in [3.63, 3.8) is 0 Å². The van der Waals surface area contributed by atoms with Crippen LogP contribution in [0.2, 0.25) is 0 Å². The van der Waals surface area contributed by atoms with E-state index in [0.29, 0.717) is 19.3 Å². The van der Waals surface area contributed by atoms with Gasteiger partial charge in [-0.3, -0.25) is 4.79 Å². The summed E-state index contributed by atoms with van der Waals surface area (Å²) in [6.07, 6.45) is 1.61. The second-order valence-electron chi connectivity index (χ2n) is 4.40. The minimum Gasteiger partial charge on any atom is -0.460 e. The molecule has 1 atom stereocenters. The molecule has 0 fully saturated rings. The first-order valence-electron chi connectivity index (χ1n) is 4.97. The molecule has 0 radical (unpaired) electrons. The number of esters is 1. The Labute approximate surface area is 85.4 Å². The quantitative estimate of drug-likeness (QED) is 0.399. The molecule has 3 N–H and O–H groups in total. The Morgan fingerprint density at radius 2 is 2.00 bits per heavy atom. The van der Waals surface area contributed by atoms with E-state index in [2.05, 4.69) is 0 Å². The SMILES string of the molecule is CC(C)(C)OC(=O)CCCCC(N)O. The van der Waals surface area contributed by atoms with Gasteiger partial charge in [0.2, 0.25) is 0 Å². The monoisotopic (exact) mass is 203 g/mol. The van der Waals surface area contributed by atoms with Crippen molar-refractivity contribution < 1.29 is 14.6 Å². The van der Waals surface area contributed by atoms with E-state index in [1.807, 2.05) is 20.8 Å². The molecule has 4 nitrogen and oxygen atoms in total. The van der Waals surface area contributed by atoms with Gasteiger partial charge in [-0.05, 0) is 40.0 Å². The van der Waals surface area contributed by atoms with Gasteiger partial charge in [-0.25, -0.2) is 0 Å². The highest BCUT2D eigenvalue weighted by Gasteiger charge is 2.15. The van der Waals surface area contributed by atoms with Crippen molar-refractivity contribution in [2.75, 3.05) is 0 Å². The number of aliphatic hydroxyl groups excluding tert-OH is 1. The number of unbranched alkanes of at least 4 members (excludes halogenated alkanes) is 1. The minimum atomic E-state index is -0.770. The lowest BCUT2D eigenvalue weighted by atomic mass is 10.1. The largest absolute Gasteiger partial charge is 0.460 e. The Morgan fingerprint density at radius 1 is 1.43 bits per heavy atom. The fourth-order valence-corrected chi connectivity index (χ4v) is 1.02. The van der Waals surface area contributed by atoms with Gasteiger partial charge in [-0.15, -0.1) is 0 Å². The van der Waals surface area contributed by atoms with E-state index in [4.69, 9.17) is 15.6 Å². The molecule has 0 heterocycles. The molecule has 84 valence electrons. The Balaban J connectivity index is 3.46. The summed E-state index contributed by atoms with van der Waals surface area (Å²) in [7, 11) is 0. The number of carbonyl (C=O) groups excluding carboxylic acids is 1. The van der Waals surface area contributed by atoms with Crippen molar-refractivity contribution in [1.29, 1.82) is 0 Å². The first kappa shape index (κ1) is 13.4. The average molecular weight is 203 g/mol. The van der Waals surface area contributed by atoms with Crippen molar-refractivity contribution in [3.05, 3.63) is 0 Å². The van der Waals surface area contributed by atoms with Crippen LogP contribution in [0, 0.1) is 0 Å². The van der Waals surface area contributed by atoms with E-state index in [1.165, 1.54) is 0 Å². The van der Waals surface area contributed by atoms with Crippen LogP contribution in [-0.2, 0) is 9.53 Å². The molecule has 0 saturated heterocycles. The van der Waals surface area contributed by atoms with Gasteiger partial charge in [0.25, 0.3) is 0 Å². The van der Waals surface area contributed by atoms with Gasteiger partial charge in [-0.2, -0.15) is 0 Å². The second kappa shape index (κ2) is 5.98. The third-order valence-corrected chi connectivity index (χ3v) is 1.55. The molecule has 0 spiro atoms. The van der Waals surface area contributed by atoms with Crippen LogP contribution in [-0.4, -0.2) is 22.9 Å². The van der Waals surface area contributed by atoms with Gasteiger partial charge in [0.05, 0.1) is 0 Å². The molecule has 0 aliphatic rings. The third kappa shape index (κ3) is 9.48. The first-order chi connectivity index (χ1) is 6.31. The molecule has 0 aromatic heterocycles. The predicted octanol–water partition coefficient (Wildman–Crippen LogP) is 1.17. The number of nitrogens with two attached hydrogens (primary N) is 1. The van der Waals surface area contributed by atoms with Crippen molar-refractivity contribution >= 4 is 5.97 Å². The zero-order valence-electron chi connectivity index (χ0n) is 9.25. The fraction of sp³-hybridized carbons (Fsp3) is 0.900. The summed E-state index contributed by atoms with van der Waals surface area (Å²) < 4.78 is 5.11. The highest BCUT2D eigenvalue weighted by molar-refractivity contribution is 5.69. The van der Waals surface area contributed by atoms with Gasteiger partial charge in [-0.1, -0.05) is 0 Å². The van der Waals surface area contributed by atoms with Crippen LogP contribution in [0.3, 0.4) is 0 Å². The molecule has 0 bridgehead atoms. The summed E-state index contributed by atoms with van der Waals surface area (Å²) >= 11 is 0. The number of ether oxygens (including phenoxy) is 1. The molecule has 0 aliphatic heterocycles. The summed E-state index contributed by atoms with van der Waals surface area (Å²) in [4.78, 5) is 11.2. The highest BCUT2D eigenvalue weighted by atomic mass is 16.6. The molecule has 0 rings (SSSR count). The lowest BCUT2D eigenvalue weighted by Crippen LogP contribution is -2.23. The predicted molar refractivity (Wildman–Crippen MR) is 54.5 cm³/mol. The van der Waals surface area contributed by atoms with E-state index in [-0.39, 0.29) is 5.97 Å². The summed E-state index contributed by atoms with van der Waals surface area (Å²) in [5, 5.41) is 8.77. The maximum absolute atomic E-state index is 11.2. The molecular weight excluding hydrogens is 182 g/mol. The van der Waals surface area contributed by atoms with Crippen molar-refractivity contribution in [3.8, 4) is 0 Å². The Bertz CT molecular complexity index is 173. The van der Waals surface area contributed by atoms with E-state index in [9.17, 15) is 4.79 Å². The van der Waals surface area contributed by atoms with Crippen LogP contribution >= 0.6 is 0 Å². The van der Waals surface area contributed by atoms with E-state index < -0.39 is 11.8 Å². The number of carbonyl (C=O) groups is 1. The van der Waals surface area contributed by atoms with Gasteiger partial charge in [0, 0.05) is 6.42 Å². The summed E-state index contributed by atoms with van der Waals surface area (Å²) in [6.45, 7) is 5.53. The average Bonchev–Trinajstić information content (AvgIpc) is 1.94. The molecule has 0 amide bonds. The lowest BCUT2D eigenvalue weighted by Gasteiger charge is -2.19. The molecular formula is C10H21NO3. The molecule has 0 aromatic carbocycles. The molecule has 0 aromatic rings. The summed E-state index contributed by atoms with van der Waals surface area (Å²) in [5.41, 5.74) is 4.74. The van der Waals surface area contributed by atoms with Gasteiger partial charge in [0.1, 0.15) is 11.8 Å². The van der Waals surface area contributed by atoms with E-state index in [0.717, 1.165) is 6.42 Å². The summed E-state index contributed by atoms with van der Waals surface area (Å²) in [6, 6.07) is 0. The van der Waals surface area contributed by atoms with Crippen LogP contribution in [0.25, 0.3) is 0 Å². The smallest absolute Gasteiger partial charge is 0.306 e. The Morgan fingerprint density at radius 3 is 2.43 bits per heavy atom. The van der Waals surface area contributed by atoms with Gasteiger partial charge < -0.3 is 15.6 Å². The van der Waals surface area contributed by atoms with Crippen LogP contribution in [0.4, 0.5) is 0 Å². The van der Waals surface area contributed by atoms with Gasteiger partial charge in [0.15, 0.2) is 0 Å². The van der Waals surface area contributed by atoms with E-state index >= 15 is 0 Å². The van der Waals surface area contributed by atoms with Crippen LogP contribution < -0.4 is 5.73 Å². The van der Waals surface area contributed by atoms with Crippen molar-refractivity contribution in [1.82, 2.24) is 0 Å². The number of hydrogen-bond acceptors (Lipinski definition) is 4. The first-order valence-corrected chi connectivity index (χ1v) is 4.97. The second-order valence-corrected chi connectivity index (χ2v) is 4.40. The lowest BCUT2D eigenvalue weighted by molar-refractivity contribution is -0.154. The van der Waals surface area contributed by atoms with E-state index in [1.54, 1.807) is 0 Å². The standard InChI is InChI=1S/C10H21NO3/c1-10(2,3)14-9(13)7-5-4-6-8(11)12/h8,12H,4-7,11H2,1-3H3. The Kier molecular flexibility index (Phi) is 5.72. The normalized spacial score (nSPS) is 13.8. The van der Waals surface area contributed by atoms with Crippen LogP contribution in [0.5, 0.6) is 0 Å². The molecule has 4 heteroatoms. The van der Waals surface area contributed by atoms with Gasteiger partial charge >= 0.3 is 5.97 Å². The zero-order chi connectivity index (χ0) is 11.2. The fourth-order valence-electron chi connectivity index (χ4n) is 1.02. The van der Waals surface area contributed by atoms with Crippen LogP contribution in [0.15, 0.2) is 0 Å². The van der Waals surface area contributed by atoms with Crippen LogP contribution in [0.1, 0.15) is 46.5 Å². The number of hydrogen-bond donors (Lipinski definition) is 2. The topological polar surface area (TPSA) is 72.5 Å². The molecule has 1 unspecified atom stereocenters. The zero-order valence-corrected chi connectivity index (χ0v) is 9.25. The Hall–Kier alpha value is -0.610. The van der Waals surface area contributed by atoms with Crippen molar-refractivity contribution in [2.24, 2.45) is 5.73 Å². The minimum absolute atomic E-state index is 0.191. The maximum atomic E-state index is 11.2. The highest BCUT2D eigenvalue weighted by Crippen LogP contribution is 2.10. The maximum Gasteiger partial charge on any atom is 0.306 e. The van der Waals surface area contributed by atoms with Crippen molar-refractivity contribution in [2.45, 2.75) is 58.3 Å². The summed E-state index contributed by atoms with van der Waals surface area (Å²) in [5.74, 6) is -0.191. The number of aliphatic hydroxyl groups is 1. The molecule has 14 heavy (non-hydrogen) atoms. The third-order valence-electron chi connectivity index (χ3n) is 1.55. The molecule has 0 aliphatic carbocycles.